The topological polar surface area (TPSA) is 167 Å². The molecule has 9 rings (SSSR count). The standard InChI is InChI=1S/C48H72N6O4/c1-29-23-47(19-14-30(24-47)15-20-48(56)17-6-9-36(55)25-48)42-46(3,58-42)18-16-40-38(29)26-45(40,2)34-13-12-32(21-34)41(53-43(49)51-4)54-44(50)52-35-8-5-7-31-10-11-33-27-57-28-39(33)37(31)22-35/h10-11,27-28,30,32,34-36,38,40-42,55-56H,1,5-9,12-26H2,2-4H3,(H3,49,51,53)(H3,50,52,54). The number of ether oxygens (including phenoxy) is 1. The molecule has 1 aromatic heterocycles. The first kappa shape index (κ1) is 40.3. The third kappa shape index (κ3) is 7.61. The van der Waals surface area contributed by atoms with Crippen LogP contribution in [0.2, 0.25) is 0 Å². The number of aryl methyl sites for hydroxylation is 1. The Kier molecular flexibility index (Phi) is 10.7. The molecule has 1 spiro atoms. The van der Waals surface area contributed by atoms with E-state index in [2.05, 4.69) is 41.6 Å². The zero-order valence-corrected chi connectivity index (χ0v) is 35.6. The number of epoxide rings is 1. The number of hydrogen-bond acceptors (Lipinski definition) is 6. The van der Waals surface area contributed by atoms with E-state index in [0.717, 1.165) is 88.9 Å². The molecule has 0 bridgehead atoms. The van der Waals surface area contributed by atoms with Crippen molar-refractivity contribution in [3.8, 4) is 0 Å². The zero-order chi connectivity index (χ0) is 40.5. The smallest absolute Gasteiger partial charge is 0.190 e. The molecule has 1 aliphatic heterocycles. The van der Waals surface area contributed by atoms with Gasteiger partial charge in [0.2, 0.25) is 0 Å². The number of hydrogen-bond donors (Lipinski definition) is 6. The van der Waals surface area contributed by atoms with Gasteiger partial charge >= 0.3 is 0 Å². The number of aliphatic hydroxyl groups excluding tert-OH is 1. The highest BCUT2D eigenvalue weighted by atomic mass is 16.6. The van der Waals surface area contributed by atoms with Gasteiger partial charge in [-0.2, -0.15) is 0 Å². The summed E-state index contributed by atoms with van der Waals surface area (Å²) in [6.07, 6.45) is 24.1. The molecule has 6 aliphatic carbocycles. The van der Waals surface area contributed by atoms with Crippen LogP contribution in [-0.4, -0.2) is 64.8 Å². The van der Waals surface area contributed by atoms with E-state index < -0.39 is 5.60 Å². The first-order valence-corrected chi connectivity index (χ1v) is 23.1. The summed E-state index contributed by atoms with van der Waals surface area (Å²) in [5, 5.41) is 31.0. The highest BCUT2D eigenvalue weighted by Gasteiger charge is 2.67. The van der Waals surface area contributed by atoms with Crippen molar-refractivity contribution < 1.29 is 19.4 Å². The van der Waals surface area contributed by atoms with Crippen molar-refractivity contribution in [2.24, 2.45) is 61.9 Å². The van der Waals surface area contributed by atoms with Gasteiger partial charge < -0.3 is 41.5 Å². The van der Waals surface area contributed by atoms with Gasteiger partial charge in [0, 0.05) is 29.7 Å². The maximum atomic E-state index is 11.3. The highest BCUT2D eigenvalue weighted by Crippen LogP contribution is 2.69. The van der Waals surface area contributed by atoms with Crippen molar-refractivity contribution in [1.29, 1.82) is 0 Å². The number of nitrogens with one attached hydrogen (secondary N) is 2. The molecular formula is C48H72N6O4. The third-order valence-electron chi connectivity index (χ3n) is 17.4. The highest BCUT2D eigenvalue weighted by molar-refractivity contribution is 5.86. The van der Waals surface area contributed by atoms with Gasteiger partial charge in [-0.1, -0.05) is 31.2 Å². The van der Waals surface area contributed by atoms with Crippen molar-refractivity contribution in [1.82, 2.24) is 10.6 Å². The number of fused-ring (bicyclic) bond motifs is 6. The number of aliphatic imine (C=N–C) groups is 2. The Balaban J connectivity index is 0.850. The van der Waals surface area contributed by atoms with Crippen LogP contribution in [0.5, 0.6) is 0 Å². The number of allylic oxidation sites excluding steroid dienone is 1. The van der Waals surface area contributed by atoms with E-state index in [9.17, 15) is 10.2 Å². The molecule has 1 saturated heterocycles. The van der Waals surface area contributed by atoms with Gasteiger partial charge in [-0.15, -0.1) is 0 Å². The van der Waals surface area contributed by atoms with E-state index in [1.807, 2.05) is 12.5 Å². The van der Waals surface area contributed by atoms with Gasteiger partial charge in [-0.25, -0.2) is 4.99 Å². The molecule has 0 radical (unpaired) electrons. The molecule has 7 aliphatic rings. The lowest BCUT2D eigenvalue weighted by atomic mass is 9.46. The van der Waals surface area contributed by atoms with Crippen molar-refractivity contribution >= 4 is 22.7 Å². The second-order valence-corrected chi connectivity index (χ2v) is 21.1. The average Bonchev–Trinajstić information content (AvgIpc) is 3.57. The van der Waals surface area contributed by atoms with Crippen molar-refractivity contribution in [3.63, 3.8) is 0 Å². The Hall–Kier alpha value is -3.08. The summed E-state index contributed by atoms with van der Waals surface area (Å²) in [5.74, 6) is 3.66. The summed E-state index contributed by atoms with van der Waals surface area (Å²) in [5.41, 5.74) is 17.0. The lowest BCUT2D eigenvalue weighted by molar-refractivity contribution is -0.0697. The number of guanidine groups is 2. The van der Waals surface area contributed by atoms with Gasteiger partial charge in [0.25, 0.3) is 0 Å². The number of nitrogens with zero attached hydrogens (tertiary/aromatic N) is 2. The van der Waals surface area contributed by atoms with E-state index in [0.29, 0.717) is 54.0 Å². The summed E-state index contributed by atoms with van der Waals surface area (Å²) in [7, 11) is 1.73. The van der Waals surface area contributed by atoms with E-state index in [4.69, 9.17) is 32.2 Å². The summed E-state index contributed by atoms with van der Waals surface area (Å²) in [6.45, 7) is 9.86. The molecule has 58 heavy (non-hydrogen) atoms. The Morgan fingerprint density at radius 2 is 1.83 bits per heavy atom. The first-order chi connectivity index (χ1) is 27.8. The van der Waals surface area contributed by atoms with Crippen molar-refractivity contribution in [3.05, 3.63) is 47.9 Å². The maximum absolute atomic E-state index is 11.3. The van der Waals surface area contributed by atoms with Crippen molar-refractivity contribution in [2.45, 2.75) is 178 Å². The molecule has 2 heterocycles. The van der Waals surface area contributed by atoms with Crippen LogP contribution >= 0.6 is 0 Å². The van der Waals surface area contributed by atoms with E-state index in [1.165, 1.54) is 60.6 Å². The fourth-order valence-corrected chi connectivity index (χ4v) is 14.1. The fraction of sp³-hybridized carbons (Fsp3) is 0.750. The third-order valence-corrected chi connectivity index (χ3v) is 17.4. The minimum atomic E-state index is -0.692. The van der Waals surface area contributed by atoms with Gasteiger partial charge in [0.15, 0.2) is 11.9 Å². The number of rotatable bonds is 8. The Labute approximate surface area is 346 Å². The molecule has 8 N–H and O–H groups in total. The fourth-order valence-electron chi connectivity index (χ4n) is 14.1. The zero-order valence-electron chi connectivity index (χ0n) is 35.6. The van der Waals surface area contributed by atoms with Crippen LogP contribution in [0.25, 0.3) is 10.8 Å². The summed E-state index contributed by atoms with van der Waals surface area (Å²) < 4.78 is 12.4. The lowest BCUT2D eigenvalue weighted by Gasteiger charge is -2.58. The molecular weight excluding hydrogens is 725 g/mol. The molecule has 318 valence electrons. The van der Waals surface area contributed by atoms with E-state index in [1.54, 1.807) is 7.05 Å². The normalized spacial score (nSPS) is 42.3. The summed E-state index contributed by atoms with van der Waals surface area (Å²) in [6, 6.07) is 4.52. The van der Waals surface area contributed by atoms with Crippen LogP contribution in [-0.2, 0) is 17.6 Å². The second kappa shape index (κ2) is 15.4. The number of nitrogens with two attached hydrogens (primary N) is 2. The SMILES string of the molecule is C=C1CC2(CCC(CCC3(O)CCCC(O)C3)C2)C2OC2(C)CCC2C1CC2(C)C1CCC(C(NC(N)=NC)NC(N)=NC2CCCc3ccc4cocc4c3C2)C1. The molecule has 6 fully saturated rings. The number of benzene rings is 1. The summed E-state index contributed by atoms with van der Waals surface area (Å²) >= 11 is 0. The van der Waals surface area contributed by atoms with E-state index in [-0.39, 0.29) is 34.7 Å². The predicted molar refractivity (Wildman–Crippen MR) is 231 cm³/mol. The van der Waals surface area contributed by atoms with Crippen LogP contribution < -0.4 is 22.1 Å². The molecule has 13 unspecified atom stereocenters. The Morgan fingerprint density at radius 3 is 2.66 bits per heavy atom. The lowest BCUT2D eigenvalue weighted by Crippen LogP contribution is -2.56. The van der Waals surface area contributed by atoms with Crippen LogP contribution in [0.1, 0.15) is 141 Å². The number of furan rings is 1. The second-order valence-electron chi connectivity index (χ2n) is 21.1. The van der Waals surface area contributed by atoms with Crippen LogP contribution in [0, 0.1) is 40.4 Å². The Morgan fingerprint density at radius 1 is 0.983 bits per heavy atom. The molecule has 1 aromatic carbocycles. The van der Waals surface area contributed by atoms with Crippen LogP contribution in [0.4, 0.5) is 0 Å². The monoisotopic (exact) mass is 797 g/mol. The summed E-state index contributed by atoms with van der Waals surface area (Å²) in [4.78, 5) is 9.37. The molecule has 10 heteroatoms. The molecule has 0 amide bonds. The average molecular weight is 797 g/mol. The molecule has 2 aromatic rings. The molecule has 10 nitrogen and oxygen atoms in total. The predicted octanol–water partition coefficient (Wildman–Crippen LogP) is 7.63. The van der Waals surface area contributed by atoms with Gasteiger partial charge in [0.1, 0.15) is 6.17 Å². The van der Waals surface area contributed by atoms with Gasteiger partial charge in [-0.05, 0) is 175 Å². The minimum absolute atomic E-state index is 0.0405. The molecule has 5 saturated carbocycles. The number of aliphatic hydroxyl groups is 2. The van der Waals surface area contributed by atoms with Crippen LogP contribution in [0.3, 0.4) is 0 Å². The van der Waals surface area contributed by atoms with E-state index >= 15 is 0 Å². The first-order valence-electron chi connectivity index (χ1n) is 23.1. The quantitative estimate of drug-likeness (QED) is 0.0396. The maximum Gasteiger partial charge on any atom is 0.190 e. The Bertz CT molecular complexity index is 1910. The van der Waals surface area contributed by atoms with Gasteiger partial charge in [-0.3, -0.25) is 4.99 Å². The largest absolute Gasteiger partial charge is 0.471 e. The van der Waals surface area contributed by atoms with Crippen LogP contribution in [0.15, 0.2) is 51.2 Å². The minimum Gasteiger partial charge on any atom is -0.471 e. The van der Waals surface area contributed by atoms with Gasteiger partial charge in [0.05, 0.1) is 42.0 Å². The molecule has 13 atom stereocenters. The van der Waals surface area contributed by atoms with Crippen molar-refractivity contribution in [2.75, 3.05) is 7.05 Å².